The maximum absolute atomic E-state index is 13.6. The van der Waals surface area contributed by atoms with Gasteiger partial charge in [-0.05, 0) is 35.4 Å². The number of aromatic carboxylic acids is 1. The van der Waals surface area contributed by atoms with E-state index >= 15 is 0 Å². The summed E-state index contributed by atoms with van der Waals surface area (Å²) >= 11 is 0. The van der Waals surface area contributed by atoms with Crippen LogP contribution in [-0.4, -0.2) is 158 Å². The topological polar surface area (TPSA) is 300 Å². The molecule has 0 spiro atoms. The molecular weight excluding hydrogens is 590 g/mol. The van der Waals surface area contributed by atoms with E-state index in [1.807, 2.05) is 0 Å². The molecule has 13 N–H and O–H groups in total. The number of carboxylic acid groups (broad SMARTS) is 1. The standard InChI is InChI=1S/C28H37NO15/c30-11-17(32)19(34)21(36)23(38)26(41)29(27(42)24(39)22(37)20(35)18(33)12-31)25(40)16-3-1-2-14(10-16)5-4-13-6-8-15(9-7-13)28(43)44/h1-10,17-24,26-27,30-39,41-42H,11-12H2,(H,43,44)/b5-4-/t17-,18-,19-,20-,21+,22+,23-,24-,26?,27?/m1/s1. The van der Waals surface area contributed by atoms with Crippen molar-refractivity contribution in [2.24, 2.45) is 0 Å². The van der Waals surface area contributed by atoms with Crippen molar-refractivity contribution in [1.82, 2.24) is 4.90 Å². The highest BCUT2D eigenvalue weighted by Crippen LogP contribution is 2.22. The van der Waals surface area contributed by atoms with Crippen molar-refractivity contribution in [3.05, 3.63) is 70.8 Å². The second-order valence-corrected chi connectivity index (χ2v) is 9.87. The molecule has 0 heterocycles. The summed E-state index contributed by atoms with van der Waals surface area (Å²) in [6, 6.07) is 11.1. The molecule has 44 heavy (non-hydrogen) atoms. The summed E-state index contributed by atoms with van der Waals surface area (Å²) in [4.78, 5) is 24.6. The van der Waals surface area contributed by atoms with Crippen LogP contribution < -0.4 is 0 Å². The fraction of sp³-hybridized carbons (Fsp3) is 0.429. The van der Waals surface area contributed by atoms with E-state index < -0.39 is 86.4 Å². The fourth-order valence-corrected chi connectivity index (χ4v) is 4.01. The van der Waals surface area contributed by atoms with Crippen molar-refractivity contribution in [3.8, 4) is 0 Å². The number of hydrogen-bond acceptors (Lipinski definition) is 14. The Labute approximate surface area is 250 Å². The van der Waals surface area contributed by atoms with E-state index in [1.165, 1.54) is 54.6 Å². The van der Waals surface area contributed by atoms with Gasteiger partial charge in [0.2, 0.25) is 0 Å². The smallest absolute Gasteiger partial charge is 0.335 e. The van der Waals surface area contributed by atoms with Gasteiger partial charge in [0.15, 0.2) is 12.5 Å². The van der Waals surface area contributed by atoms with E-state index in [9.17, 15) is 60.7 Å². The molecule has 2 rings (SSSR count). The lowest BCUT2D eigenvalue weighted by Gasteiger charge is -2.40. The molecule has 0 fully saturated rings. The number of hydrogen-bond donors (Lipinski definition) is 13. The van der Waals surface area contributed by atoms with Crippen molar-refractivity contribution < 1.29 is 76.0 Å². The number of aliphatic hydroxyl groups is 12. The Morgan fingerprint density at radius 2 is 1.05 bits per heavy atom. The summed E-state index contributed by atoms with van der Waals surface area (Å²) in [6.45, 7) is -2.15. The Morgan fingerprint density at radius 3 is 1.48 bits per heavy atom. The number of carboxylic acids is 1. The molecule has 0 aliphatic rings. The SMILES string of the molecule is O=C(O)c1ccc(/C=C\c2cccc(C(=O)N(C(O)[C@H](O)[C@@H](O)[C@H](O)[C@H](O)CO)C(O)[C@H](O)[C@@H](O)[C@H](O)[C@H](O)CO)c2)cc1. The molecule has 0 bridgehead atoms. The van der Waals surface area contributed by atoms with Gasteiger partial charge in [0.05, 0.1) is 18.8 Å². The molecule has 0 aromatic heterocycles. The van der Waals surface area contributed by atoms with Crippen LogP contribution in [0.1, 0.15) is 31.8 Å². The molecule has 10 atom stereocenters. The number of aliphatic hydroxyl groups excluding tert-OH is 12. The van der Waals surface area contributed by atoms with Crippen LogP contribution in [-0.2, 0) is 0 Å². The van der Waals surface area contributed by atoms with Crippen molar-refractivity contribution >= 4 is 24.0 Å². The zero-order valence-electron chi connectivity index (χ0n) is 23.0. The molecule has 0 saturated heterocycles. The molecule has 2 unspecified atom stereocenters. The minimum Gasteiger partial charge on any atom is -0.478 e. The molecule has 2 aromatic rings. The third-order valence-corrected chi connectivity index (χ3v) is 6.74. The first-order valence-electron chi connectivity index (χ1n) is 13.1. The highest BCUT2D eigenvalue weighted by molar-refractivity contribution is 5.95. The number of carbonyl (C=O) groups excluding carboxylic acids is 1. The van der Waals surface area contributed by atoms with Gasteiger partial charge in [0, 0.05) is 5.56 Å². The Hall–Kier alpha value is -3.36. The average molecular weight is 628 g/mol. The number of carbonyl (C=O) groups is 2. The van der Waals surface area contributed by atoms with E-state index in [2.05, 4.69) is 0 Å². The number of amides is 1. The van der Waals surface area contributed by atoms with Gasteiger partial charge in [-0.3, -0.25) is 9.69 Å². The van der Waals surface area contributed by atoms with Crippen LogP contribution in [0.2, 0.25) is 0 Å². The largest absolute Gasteiger partial charge is 0.478 e. The van der Waals surface area contributed by atoms with Crippen molar-refractivity contribution in [1.29, 1.82) is 0 Å². The number of nitrogens with zero attached hydrogens (tertiary/aromatic N) is 1. The summed E-state index contributed by atoms with van der Waals surface area (Å²) in [5, 5.41) is 129. The molecule has 16 nitrogen and oxygen atoms in total. The quantitative estimate of drug-likeness (QED) is 0.0616. The van der Waals surface area contributed by atoms with Crippen LogP contribution >= 0.6 is 0 Å². The Kier molecular flexibility index (Phi) is 13.9. The lowest BCUT2D eigenvalue weighted by Crippen LogP contribution is -2.63. The van der Waals surface area contributed by atoms with E-state index in [0.717, 1.165) is 0 Å². The molecule has 0 aliphatic heterocycles. The van der Waals surface area contributed by atoms with E-state index in [-0.39, 0.29) is 16.0 Å². The summed E-state index contributed by atoms with van der Waals surface area (Å²) in [5.74, 6) is -2.45. The highest BCUT2D eigenvalue weighted by Gasteiger charge is 2.45. The first kappa shape index (κ1) is 36.8. The first-order valence-corrected chi connectivity index (χ1v) is 13.1. The molecule has 1 amide bonds. The average Bonchev–Trinajstić information content (AvgIpc) is 3.04. The zero-order chi connectivity index (χ0) is 33.3. The Bertz CT molecular complexity index is 1210. The maximum atomic E-state index is 13.6. The zero-order valence-corrected chi connectivity index (χ0v) is 23.0. The fourth-order valence-electron chi connectivity index (χ4n) is 4.01. The van der Waals surface area contributed by atoms with Gasteiger partial charge in [-0.2, -0.15) is 0 Å². The van der Waals surface area contributed by atoms with Crippen LogP contribution in [0, 0.1) is 0 Å². The molecule has 0 radical (unpaired) electrons. The van der Waals surface area contributed by atoms with Gasteiger partial charge in [0.25, 0.3) is 5.91 Å². The predicted molar refractivity (Wildman–Crippen MR) is 149 cm³/mol. The van der Waals surface area contributed by atoms with Crippen LogP contribution in [0.3, 0.4) is 0 Å². The van der Waals surface area contributed by atoms with Crippen molar-refractivity contribution in [2.75, 3.05) is 13.2 Å². The third kappa shape index (κ3) is 9.08. The van der Waals surface area contributed by atoms with Gasteiger partial charge in [-0.1, -0.05) is 36.4 Å². The lowest BCUT2D eigenvalue weighted by molar-refractivity contribution is -0.213. The van der Waals surface area contributed by atoms with Gasteiger partial charge < -0.3 is 66.4 Å². The number of benzene rings is 2. The molecule has 2 aromatic carbocycles. The van der Waals surface area contributed by atoms with Gasteiger partial charge in [0.1, 0.15) is 48.8 Å². The minimum absolute atomic E-state index is 0.00861. The lowest BCUT2D eigenvalue weighted by atomic mass is 9.98. The van der Waals surface area contributed by atoms with E-state index in [4.69, 9.17) is 15.3 Å². The molecule has 16 heteroatoms. The van der Waals surface area contributed by atoms with E-state index in [1.54, 1.807) is 6.08 Å². The van der Waals surface area contributed by atoms with Crippen LogP contribution in [0.15, 0.2) is 48.5 Å². The predicted octanol–water partition coefficient (Wildman–Crippen LogP) is -4.49. The maximum Gasteiger partial charge on any atom is 0.335 e. The minimum atomic E-state index is -2.68. The Morgan fingerprint density at radius 1 is 0.591 bits per heavy atom. The second-order valence-electron chi connectivity index (χ2n) is 9.87. The number of rotatable bonds is 16. The molecular formula is C28H37NO15. The summed E-state index contributed by atoms with van der Waals surface area (Å²) in [5.41, 5.74) is 0.692. The van der Waals surface area contributed by atoms with Crippen LogP contribution in [0.5, 0.6) is 0 Å². The van der Waals surface area contributed by atoms with Crippen molar-refractivity contribution in [2.45, 2.75) is 61.3 Å². The monoisotopic (exact) mass is 627 g/mol. The van der Waals surface area contributed by atoms with Gasteiger partial charge in [-0.25, -0.2) is 4.79 Å². The second kappa shape index (κ2) is 16.6. The summed E-state index contributed by atoms with van der Waals surface area (Å²) in [7, 11) is 0. The summed E-state index contributed by atoms with van der Waals surface area (Å²) < 4.78 is 0. The third-order valence-electron chi connectivity index (χ3n) is 6.74. The molecule has 0 aliphatic carbocycles. The normalized spacial score (nSPS) is 18.8. The van der Waals surface area contributed by atoms with Gasteiger partial charge >= 0.3 is 5.97 Å². The molecule has 244 valence electrons. The van der Waals surface area contributed by atoms with Crippen LogP contribution in [0.4, 0.5) is 0 Å². The first-order chi connectivity index (χ1) is 20.7. The summed E-state index contributed by atoms with van der Waals surface area (Å²) in [6.07, 6.45) is -20.9. The molecule has 0 saturated carbocycles. The van der Waals surface area contributed by atoms with Crippen molar-refractivity contribution in [3.63, 3.8) is 0 Å². The Balaban J connectivity index is 2.46. The highest BCUT2D eigenvalue weighted by atomic mass is 16.4. The van der Waals surface area contributed by atoms with Crippen LogP contribution in [0.25, 0.3) is 12.2 Å². The van der Waals surface area contributed by atoms with Gasteiger partial charge in [-0.15, -0.1) is 0 Å². The van der Waals surface area contributed by atoms with E-state index in [0.29, 0.717) is 11.1 Å².